The summed E-state index contributed by atoms with van der Waals surface area (Å²) in [5.74, 6) is 1.12. The molecule has 3 heterocycles. The zero-order valence-corrected chi connectivity index (χ0v) is 17.7. The van der Waals surface area contributed by atoms with E-state index in [1.165, 1.54) is 16.4 Å². The van der Waals surface area contributed by atoms with Gasteiger partial charge in [0.25, 0.3) is 0 Å². The molecule has 4 rings (SSSR count). The highest BCUT2D eigenvalue weighted by Crippen LogP contribution is 2.49. The summed E-state index contributed by atoms with van der Waals surface area (Å²) in [6.45, 7) is 2.27. The number of amidine groups is 1. The molecule has 1 aromatic carbocycles. The molecule has 1 aromatic heterocycles. The predicted octanol–water partition coefficient (Wildman–Crippen LogP) is 4.89. The number of thioether (sulfide) groups is 1. The third-order valence-corrected chi connectivity index (χ3v) is 6.89. The number of aromatic nitrogens is 1. The minimum absolute atomic E-state index is 0.0464. The van der Waals surface area contributed by atoms with Gasteiger partial charge in [0, 0.05) is 36.6 Å². The van der Waals surface area contributed by atoms with E-state index < -0.39 is 0 Å². The van der Waals surface area contributed by atoms with Gasteiger partial charge < -0.3 is 9.80 Å². The van der Waals surface area contributed by atoms with E-state index in [0.29, 0.717) is 6.04 Å². The summed E-state index contributed by atoms with van der Waals surface area (Å²) in [7, 11) is 4.13. The average Bonchev–Trinajstić information content (AvgIpc) is 3.20. The van der Waals surface area contributed by atoms with Crippen LogP contribution < -0.4 is 4.90 Å². The first-order valence-corrected chi connectivity index (χ1v) is 10.7. The van der Waals surface area contributed by atoms with E-state index in [1.54, 1.807) is 0 Å². The number of halogens is 1. The van der Waals surface area contributed by atoms with E-state index in [4.69, 9.17) is 4.99 Å². The number of anilines is 1. The third-order valence-electron chi connectivity index (χ3n) is 5.12. The average molecular weight is 431 g/mol. The van der Waals surface area contributed by atoms with Crippen molar-refractivity contribution >= 4 is 38.5 Å². The van der Waals surface area contributed by atoms with E-state index in [9.17, 15) is 0 Å². The summed E-state index contributed by atoms with van der Waals surface area (Å²) in [6, 6.07) is 13.6. The molecular formula is C20H23BrN4S. The molecule has 2 aliphatic heterocycles. The quantitative estimate of drug-likeness (QED) is 0.690. The van der Waals surface area contributed by atoms with Gasteiger partial charge >= 0.3 is 0 Å². The topological polar surface area (TPSA) is 31.7 Å². The smallest absolute Gasteiger partial charge is 0.160 e. The molecular weight excluding hydrogens is 408 g/mol. The molecule has 0 amide bonds. The molecule has 2 aliphatic rings. The second-order valence-electron chi connectivity index (χ2n) is 6.94. The lowest BCUT2D eigenvalue weighted by Gasteiger charge is -2.32. The Hall–Kier alpha value is -1.53. The molecule has 3 atom stereocenters. The van der Waals surface area contributed by atoms with Crippen molar-refractivity contribution in [1.82, 2.24) is 9.88 Å². The van der Waals surface area contributed by atoms with Crippen molar-refractivity contribution in [3.8, 4) is 0 Å². The van der Waals surface area contributed by atoms with Gasteiger partial charge in [-0.15, -0.1) is 0 Å². The predicted molar refractivity (Wildman–Crippen MR) is 114 cm³/mol. The molecule has 0 unspecified atom stereocenters. The Bertz CT molecular complexity index is 824. The van der Waals surface area contributed by atoms with Crippen molar-refractivity contribution < 1.29 is 0 Å². The second kappa shape index (κ2) is 7.24. The summed E-state index contributed by atoms with van der Waals surface area (Å²) >= 11 is 5.64. The third kappa shape index (κ3) is 3.03. The summed E-state index contributed by atoms with van der Waals surface area (Å²) in [6.07, 6.45) is 3.00. The zero-order valence-electron chi connectivity index (χ0n) is 15.3. The van der Waals surface area contributed by atoms with Crippen LogP contribution in [0.15, 0.2) is 52.1 Å². The lowest BCUT2D eigenvalue weighted by molar-refractivity contribution is 0.255. The van der Waals surface area contributed by atoms with Crippen molar-refractivity contribution in [3.05, 3.63) is 58.3 Å². The zero-order chi connectivity index (χ0) is 18.3. The highest BCUT2D eigenvalue weighted by Gasteiger charge is 2.45. The molecule has 136 valence electrons. The lowest BCUT2D eigenvalue weighted by Crippen LogP contribution is -2.35. The number of pyridine rings is 1. The fraction of sp³-hybridized carbons (Fsp3) is 0.400. The van der Waals surface area contributed by atoms with Gasteiger partial charge in [0.15, 0.2) is 5.17 Å². The fourth-order valence-electron chi connectivity index (χ4n) is 3.78. The Labute approximate surface area is 167 Å². The SMILES string of the molecule is CC[C@@H]1CSC2=N[C@H](c3ccccn3)[C@H](c3ccc(N(C)C)c(Br)c3)N21. The van der Waals surface area contributed by atoms with Crippen LogP contribution in [0.5, 0.6) is 0 Å². The van der Waals surface area contributed by atoms with Crippen LogP contribution >= 0.6 is 27.7 Å². The normalized spacial score (nSPS) is 24.5. The molecule has 0 saturated carbocycles. The minimum atomic E-state index is 0.0464. The number of hydrogen-bond donors (Lipinski definition) is 0. The second-order valence-corrected chi connectivity index (χ2v) is 8.78. The van der Waals surface area contributed by atoms with Crippen molar-refractivity contribution in [3.63, 3.8) is 0 Å². The minimum Gasteiger partial charge on any atom is -0.377 e. The molecule has 2 aromatic rings. The Balaban J connectivity index is 1.78. The van der Waals surface area contributed by atoms with Crippen LogP contribution in [0.2, 0.25) is 0 Å². The summed E-state index contributed by atoms with van der Waals surface area (Å²) in [5, 5.41) is 1.17. The number of hydrogen-bond acceptors (Lipinski definition) is 5. The van der Waals surface area contributed by atoms with Crippen LogP contribution in [-0.4, -0.2) is 40.9 Å². The Kier molecular flexibility index (Phi) is 4.97. The first kappa shape index (κ1) is 17.9. The van der Waals surface area contributed by atoms with Crippen LogP contribution in [0.3, 0.4) is 0 Å². The first-order chi connectivity index (χ1) is 12.6. The number of rotatable bonds is 4. The number of aliphatic imine (C=N–C) groups is 1. The lowest BCUT2D eigenvalue weighted by atomic mass is 9.95. The van der Waals surface area contributed by atoms with Crippen LogP contribution in [0.1, 0.15) is 36.7 Å². The van der Waals surface area contributed by atoms with Crippen molar-refractivity contribution in [2.45, 2.75) is 31.5 Å². The number of fused-ring (bicyclic) bond motifs is 1. The Morgan fingerprint density at radius 1 is 1.27 bits per heavy atom. The maximum Gasteiger partial charge on any atom is 0.160 e. The molecule has 0 bridgehead atoms. The summed E-state index contributed by atoms with van der Waals surface area (Å²) in [5.41, 5.74) is 3.52. The van der Waals surface area contributed by atoms with Gasteiger partial charge in [0.05, 0.1) is 17.4 Å². The van der Waals surface area contributed by atoms with E-state index in [0.717, 1.165) is 22.3 Å². The van der Waals surface area contributed by atoms with Gasteiger partial charge in [-0.2, -0.15) is 0 Å². The Morgan fingerprint density at radius 3 is 2.77 bits per heavy atom. The largest absolute Gasteiger partial charge is 0.377 e. The van der Waals surface area contributed by atoms with Gasteiger partial charge in [-0.25, -0.2) is 0 Å². The van der Waals surface area contributed by atoms with E-state index in [2.05, 4.69) is 82.1 Å². The molecule has 0 radical (unpaired) electrons. The molecule has 6 heteroatoms. The van der Waals surface area contributed by atoms with Gasteiger partial charge in [0.2, 0.25) is 0 Å². The van der Waals surface area contributed by atoms with Gasteiger partial charge in [-0.1, -0.05) is 30.8 Å². The standard InChI is InChI=1S/C20H23BrN4S/c1-4-14-12-26-20-23-18(16-7-5-6-10-22-16)19(25(14)20)13-8-9-17(24(2)3)15(21)11-13/h5-11,14,18-19H,4,12H2,1-3H3/t14-,18-,19+/m1/s1. The van der Waals surface area contributed by atoms with E-state index in [-0.39, 0.29) is 12.1 Å². The van der Waals surface area contributed by atoms with Crippen LogP contribution in [0.25, 0.3) is 0 Å². The summed E-state index contributed by atoms with van der Waals surface area (Å²) < 4.78 is 1.12. The van der Waals surface area contributed by atoms with Crippen molar-refractivity contribution in [2.75, 3.05) is 24.7 Å². The van der Waals surface area contributed by atoms with Crippen LogP contribution in [0.4, 0.5) is 5.69 Å². The molecule has 0 N–H and O–H groups in total. The van der Waals surface area contributed by atoms with Crippen LogP contribution in [0, 0.1) is 0 Å². The van der Waals surface area contributed by atoms with Crippen LogP contribution in [-0.2, 0) is 0 Å². The van der Waals surface area contributed by atoms with Crippen molar-refractivity contribution in [2.24, 2.45) is 4.99 Å². The molecule has 26 heavy (non-hydrogen) atoms. The fourth-order valence-corrected chi connectivity index (χ4v) is 5.87. The highest BCUT2D eigenvalue weighted by atomic mass is 79.9. The molecule has 0 spiro atoms. The molecule has 1 fully saturated rings. The number of nitrogens with zero attached hydrogens (tertiary/aromatic N) is 4. The summed E-state index contributed by atoms with van der Waals surface area (Å²) in [4.78, 5) is 14.4. The molecule has 4 nitrogen and oxygen atoms in total. The monoisotopic (exact) mass is 430 g/mol. The number of benzene rings is 1. The maximum atomic E-state index is 5.08. The van der Waals surface area contributed by atoms with Gasteiger partial charge in [-0.3, -0.25) is 9.98 Å². The van der Waals surface area contributed by atoms with Gasteiger partial charge in [0.1, 0.15) is 6.04 Å². The van der Waals surface area contributed by atoms with Crippen molar-refractivity contribution in [1.29, 1.82) is 0 Å². The van der Waals surface area contributed by atoms with Gasteiger partial charge in [-0.05, 0) is 52.2 Å². The highest BCUT2D eigenvalue weighted by molar-refractivity contribution is 9.10. The molecule has 1 saturated heterocycles. The maximum absolute atomic E-state index is 5.08. The molecule has 0 aliphatic carbocycles. The Morgan fingerprint density at radius 2 is 2.12 bits per heavy atom. The van der Waals surface area contributed by atoms with E-state index >= 15 is 0 Å². The van der Waals surface area contributed by atoms with E-state index in [1.807, 2.05) is 24.0 Å². The first-order valence-electron chi connectivity index (χ1n) is 8.96.